The highest BCUT2D eigenvalue weighted by atomic mass is 16.6. The van der Waals surface area contributed by atoms with Crippen LogP contribution in [-0.4, -0.2) is 75.6 Å². The van der Waals surface area contributed by atoms with Crippen molar-refractivity contribution in [3.05, 3.63) is 0 Å². The fourth-order valence-corrected chi connectivity index (χ4v) is 3.47. The van der Waals surface area contributed by atoms with Crippen LogP contribution >= 0.6 is 0 Å². The Bertz CT molecular complexity index is 684. The van der Waals surface area contributed by atoms with Crippen molar-refractivity contribution in [3.8, 4) is 0 Å². The summed E-state index contributed by atoms with van der Waals surface area (Å²) >= 11 is 0. The number of piperazine rings is 1. The van der Waals surface area contributed by atoms with Crippen molar-refractivity contribution >= 4 is 29.9 Å². The maximum Gasteiger partial charge on any atom is 0.410 e. The molecule has 0 unspecified atom stereocenters. The van der Waals surface area contributed by atoms with E-state index in [9.17, 15) is 24.0 Å². The monoisotopic (exact) mass is 412 g/mol. The molecule has 3 heterocycles. The van der Waals surface area contributed by atoms with Gasteiger partial charge in [-0.2, -0.15) is 0 Å². The highest BCUT2D eigenvalue weighted by Crippen LogP contribution is 2.30. The van der Waals surface area contributed by atoms with Crippen molar-refractivity contribution in [2.45, 2.75) is 77.0 Å². The molecule has 3 aliphatic heterocycles. The second kappa shape index (κ2) is 9.23. The molecule has 1 N–H and O–H groups in total. The minimum Gasteiger partial charge on any atom is -0.481 e. The van der Waals surface area contributed by atoms with Crippen LogP contribution in [0.2, 0.25) is 0 Å². The number of aliphatic carboxylic acids is 1. The third-order valence-electron chi connectivity index (χ3n) is 4.79. The molecule has 3 fully saturated rings. The number of piperidine rings is 2. The van der Waals surface area contributed by atoms with Gasteiger partial charge in [-0.25, -0.2) is 4.79 Å². The molecule has 2 atom stereocenters. The van der Waals surface area contributed by atoms with Crippen molar-refractivity contribution in [1.29, 1.82) is 0 Å². The van der Waals surface area contributed by atoms with Gasteiger partial charge in [0, 0.05) is 25.6 Å². The summed E-state index contributed by atoms with van der Waals surface area (Å²) in [6, 6.07) is -0.253. The molecule has 3 aliphatic rings. The molecule has 2 amide bonds. The van der Waals surface area contributed by atoms with Gasteiger partial charge in [0.25, 0.3) is 0 Å². The summed E-state index contributed by atoms with van der Waals surface area (Å²) < 4.78 is 9.94. The molecule has 29 heavy (non-hydrogen) atoms. The second-order valence-electron chi connectivity index (χ2n) is 8.30. The van der Waals surface area contributed by atoms with Crippen molar-refractivity contribution in [2.75, 3.05) is 13.1 Å². The number of carbonyl (C=O) groups excluding carboxylic acids is 4. The summed E-state index contributed by atoms with van der Waals surface area (Å²) in [7, 11) is 0. The first-order valence-corrected chi connectivity index (χ1v) is 9.70. The van der Waals surface area contributed by atoms with Gasteiger partial charge >= 0.3 is 24.0 Å². The lowest BCUT2D eigenvalue weighted by molar-refractivity contribution is -0.162. The lowest BCUT2D eigenvalue weighted by Crippen LogP contribution is -2.65. The first-order valence-electron chi connectivity index (χ1n) is 9.70. The maximum absolute atomic E-state index is 12.5. The molecule has 162 valence electrons. The van der Waals surface area contributed by atoms with Crippen LogP contribution in [0.25, 0.3) is 0 Å². The number of carboxylic acid groups (broad SMARTS) is 1. The molecule has 0 aliphatic carbocycles. The van der Waals surface area contributed by atoms with Crippen molar-refractivity contribution in [1.82, 2.24) is 9.80 Å². The Hall–Kier alpha value is -2.65. The topological polar surface area (TPSA) is 131 Å². The van der Waals surface area contributed by atoms with Crippen molar-refractivity contribution in [3.63, 3.8) is 0 Å². The standard InChI is InChI=1S/C19H28N2O8/c1-19(2,3)29-18(27)21-11-12-4-5-13(21)10-20(12)14(22)6-8-16(25)28-17(26)9-7-15(23)24/h12-13H,4-11H2,1-3H3,(H,23,24)/t12-,13-/m1/s1. The van der Waals surface area contributed by atoms with Gasteiger partial charge in [0.05, 0.1) is 25.3 Å². The van der Waals surface area contributed by atoms with Gasteiger partial charge in [-0.1, -0.05) is 0 Å². The van der Waals surface area contributed by atoms with Crippen LogP contribution in [0.4, 0.5) is 4.79 Å². The van der Waals surface area contributed by atoms with Gasteiger partial charge in [0.2, 0.25) is 5.91 Å². The van der Waals surface area contributed by atoms with Gasteiger partial charge in [-0.05, 0) is 33.6 Å². The third-order valence-corrected chi connectivity index (χ3v) is 4.79. The van der Waals surface area contributed by atoms with Crippen LogP contribution < -0.4 is 0 Å². The van der Waals surface area contributed by atoms with Crippen LogP contribution in [0, 0.1) is 0 Å². The molecule has 10 nitrogen and oxygen atoms in total. The summed E-state index contributed by atoms with van der Waals surface area (Å²) in [4.78, 5) is 61.7. The first kappa shape index (κ1) is 22.6. The number of carboxylic acids is 1. The maximum atomic E-state index is 12.5. The van der Waals surface area contributed by atoms with E-state index < -0.39 is 36.4 Å². The lowest BCUT2D eigenvalue weighted by Gasteiger charge is -2.51. The number of carbonyl (C=O) groups is 5. The fraction of sp³-hybridized carbons (Fsp3) is 0.737. The molecular weight excluding hydrogens is 384 g/mol. The number of hydrogen-bond donors (Lipinski definition) is 1. The number of rotatable bonds is 6. The normalized spacial score (nSPS) is 20.9. The Balaban J connectivity index is 1.80. The fourth-order valence-electron chi connectivity index (χ4n) is 3.47. The summed E-state index contributed by atoms with van der Waals surface area (Å²) in [5, 5.41) is 8.50. The van der Waals surface area contributed by atoms with Crippen LogP contribution in [0.1, 0.15) is 59.3 Å². The molecule has 3 rings (SSSR count). The number of esters is 2. The van der Waals surface area contributed by atoms with Gasteiger partial charge in [0.15, 0.2) is 0 Å². The van der Waals surface area contributed by atoms with E-state index >= 15 is 0 Å². The van der Waals surface area contributed by atoms with Crippen LogP contribution in [0.15, 0.2) is 0 Å². The Morgan fingerprint density at radius 2 is 1.38 bits per heavy atom. The molecule has 0 saturated carbocycles. The first-order chi connectivity index (χ1) is 13.5. The van der Waals surface area contributed by atoms with E-state index in [-0.39, 0.29) is 36.9 Å². The van der Waals surface area contributed by atoms with E-state index in [0.717, 1.165) is 12.8 Å². The molecule has 0 aromatic heterocycles. The number of ether oxygens (including phenoxy) is 2. The van der Waals surface area contributed by atoms with Crippen LogP contribution in [0.3, 0.4) is 0 Å². The van der Waals surface area contributed by atoms with Crippen molar-refractivity contribution < 1.29 is 38.6 Å². The summed E-state index contributed by atoms with van der Waals surface area (Å²) in [6.45, 7) is 6.18. The average molecular weight is 412 g/mol. The molecule has 2 bridgehead atoms. The molecule has 0 aromatic carbocycles. The Morgan fingerprint density at radius 3 is 1.86 bits per heavy atom. The zero-order chi connectivity index (χ0) is 21.8. The molecular formula is C19H28N2O8. The Kier molecular flexibility index (Phi) is 7.21. The minimum absolute atomic E-state index is 0.110. The van der Waals surface area contributed by atoms with Crippen molar-refractivity contribution in [2.24, 2.45) is 0 Å². The number of amides is 2. The molecule has 3 saturated heterocycles. The van der Waals surface area contributed by atoms with E-state index in [0.29, 0.717) is 13.1 Å². The zero-order valence-electron chi connectivity index (χ0n) is 17.0. The van der Waals surface area contributed by atoms with Gasteiger partial charge in [-0.15, -0.1) is 0 Å². The van der Waals surface area contributed by atoms with E-state index in [1.165, 1.54) is 0 Å². The third kappa shape index (κ3) is 6.72. The average Bonchev–Trinajstić information content (AvgIpc) is 2.63. The molecule has 10 heteroatoms. The quantitative estimate of drug-likeness (QED) is 0.510. The lowest BCUT2D eigenvalue weighted by atomic mass is 9.90. The number of fused-ring (bicyclic) bond motifs is 3. The van der Waals surface area contributed by atoms with Gasteiger partial charge in [-0.3, -0.25) is 19.2 Å². The number of hydrogen-bond acceptors (Lipinski definition) is 7. The second-order valence-corrected chi connectivity index (χ2v) is 8.30. The Morgan fingerprint density at radius 1 is 0.862 bits per heavy atom. The highest BCUT2D eigenvalue weighted by molar-refractivity contribution is 5.89. The van der Waals surface area contributed by atoms with Crippen LogP contribution in [0.5, 0.6) is 0 Å². The van der Waals surface area contributed by atoms with E-state index in [1.807, 2.05) is 0 Å². The highest BCUT2D eigenvalue weighted by Gasteiger charge is 2.44. The van der Waals surface area contributed by atoms with E-state index in [4.69, 9.17) is 9.84 Å². The van der Waals surface area contributed by atoms with E-state index in [1.54, 1.807) is 30.6 Å². The van der Waals surface area contributed by atoms with Gasteiger partial charge in [0.1, 0.15) is 5.60 Å². The van der Waals surface area contributed by atoms with E-state index in [2.05, 4.69) is 4.74 Å². The SMILES string of the molecule is CC(C)(C)OC(=O)N1C[C@H]2CC[C@@H]1CN2C(=O)CCC(=O)OC(=O)CCC(=O)O. The molecule has 0 aromatic rings. The summed E-state index contributed by atoms with van der Waals surface area (Å²) in [5.41, 5.74) is -0.592. The zero-order valence-corrected chi connectivity index (χ0v) is 17.0. The molecule has 0 spiro atoms. The Labute approximate surface area is 169 Å². The summed E-state index contributed by atoms with van der Waals surface area (Å²) in [5.74, 6) is -3.18. The predicted octanol–water partition coefficient (Wildman–Crippen LogP) is 1.31. The minimum atomic E-state index is -1.16. The van der Waals surface area contributed by atoms with Gasteiger partial charge < -0.3 is 24.4 Å². The van der Waals surface area contributed by atoms with Crippen LogP contribution in [-0.2, 0) is 28.7 Å². The number of nitrogens with zero attached hydrogens (tertiary/aromatic N) is 2. The largest absolute Gasteiger partial charge is 0.481 e. The molecule has 0 radical (unpaired) electrons. The predicted molar refractivity (Wildman–Crippen MR) is 98.7 cm³/mol. The summed E-state index contributed by atoms with van der Waals surface area (Å²) in [6.07, 6.45) is -0.0202. The smallest absolute Gasteiger partial charge is 0.410 e.